The van der Waals surface area contributed by atoms with Crippen LogP contribution < -0.4 is 5.32 Å². The van der Waals surface area contributed by atoms with Crippen LogP contribution in [-0.2, 0) is 13.5 Å². The number of carbonyl (C=O) groups is 1. The molecular weight excluding hydrogens is 288 g/mol. The van der Waals surface area contributed by atoms with E-state index in [9.17, 15) is 4.79 Å². The lowest BCUT2D eigenvalue weighted by Gasteiger charge is -2.05. The van der Waals surface area contributed by atoms with Crippen LogP contribution in [-0.4, -0.2) is 17.0 Å². The van der Waals surface area contributed by atoms with E-state index in [0.717, 1.165) is 22.4 Å². The van der Waals surface area contributed by atoms with Crippen molar-refractivity contribution < 1.29 is 9.21 Å². The van der Waals surface area contributed by atoms with Gasteiger partial charge in [-0.1, -0.05) is 0 Å². The van der Waals surface area contributed by atoms with Crippen LogP contribution in [0.3, 0.4) is 0 Å². The molecule has 4 heteroatoms. The van der Waals surface area contributed by atoms with Crippen molar-refractivity contribution in [3.05, 3.63) is 58.7 Å². The summed E-state index contributed by atoms with van der Waals surface area (Å²) in [7, 11) is 2.05. The van der Waals surface area contributed by atoms with Gasteiger partial charge in [-0.3, -0.25) is 4.79 Å². The van der Waals surface area contributed by atoms with Crippen LogP contribution in [0.15, 0.2) is 34.7 Å². The number of rotatable bonds is 4. The molecule has 0 atom stereocenters. The molecule has 0 unspecified atom stereocenters. The van der Waals surface area contributed by atoms with E-state index in [0.29, 0.717) is 18.5 Å². The minimum Gasteiger partial charge on any atom is -0.466 e. The lowest BCUT2D eigenvalue weighted by molar-refractivity contribution is 0.0954. The highest BCUT2D eigenvalue weighted by Crippen LogP contribution is 2.25. The Kier molecular flexibility index (Phi) is 3.99. The van der Waals surface area contributed by atoms with Crippen molar-refractivity contribution in [1.82, 2.24) is 9.88 Å². The number of benzene rings is 1. The zero-order valence-electron chi connectivity index (χ0n) is 14.1. The molecule has 0 radical (unpaired) electrons. The van der Waals surface area contributed by atoms with Crippen molar-refractivity contribution >= 4 is 16.8 Å². The zero-order valence-corrected chi connectivity index (χ0v) is 14.1. The predicted molar refractivity (Wildman–Crippen MR) is 91.9 cm³/mol. The van der Waals surface area contributed by atoms with E-state index in [2.05, 4.69) is 30.8 Å². The number of furan rings is 1. The van der Waals surface area contributed by atoms with Gasteiger partial charge in [-0.05, 0) is 56.7 Å². The standard InChI is InChI=1S/C19H22N2O2/c1-12-5-7-16(23-12)9-10-20-19(22)15-6-8-18-17(11-15)13(2)14(3)21(18)4/h5-8,11H,9-10H2,1-4H3,(H,20,22). The number of fused-ring (bicyclic) bond motifs is 1. The Morgan fingerprint density at radius 3 is 2.65 bits per heavy atom. The van der Waals surface area contributed by atoms with Gasteiger partial charge < -0.3 is 14.3 Å². The van der Waals surface area contributed by atoms with Gasteiger partial charge in [-0.25, -0.2) is 0 Å². The average Bonchev–Trinajstić information content (AvgIpc) is 3.05. The minimum atomic E-state index is -0.0453. The second-order valence-electron chi connectivity index (χ2n) is 6.02. The molecule has 0 saturated heterocycles. The zero-order chi connectivity index (χ0) is 16.6. The molecule has 2 heterocycles. The molecule has 0 aliphatic heterocycles. The van der Waals surface area contributed by atoms with Crippen LogP contribution in [0.25, 0.3) is 10.9 Å². The number of hydrogen-bond donors (Lipinski definition) is 1. The first kappa shape index (κ1) is 15.4. The Morgan fingerprint density at radius 1 is 1.17 bits per heavy atom. The lowest BCUT2D eigenvalue weighted by Crippen LogP contribution is -2.25. The molecule has 1 amide bonds. The summed E-state index contributed by atoms with van der Waals surface area (Å²) in [5, 5.41) is 4.09. The SMILES string of the molecule is Cc1ccc(CCNC(=O)c2ccc3c(c2)c(C)c(C)n3C)o1. The van der Waals surface area contributed by atoms with E-state index in [1.807, 2.05) is 37.3 Å². The second-order valence-corrected chi connectivity index (χ2v) is 6.02. The average molecular weight is 310 g/mol. The Morgan fingerprint density at radius 2 is 1.96 bits per heavy atom. The second kappa shape index (κ2) is 5.95. The molecule has 0 fully saturated rings. The van der Waals surface area contributed by atoms with E-state index in [-0.39, 0.29) is 5.91 Å². The monoisotopic (exact) mass is 310 g/mol. The molecule has 1 aromatic carbocycles. The normalized spacial score (nSPS) is 11.1. The van der Waals surface area contributed by atoms with Crippen molar-refractivity contribution in [2.24, 2.45) is 7.05 Å². The highest BCUT2D eigenvalue weighted by molar-refractivity contribution is 5.99. The Bertz CT molecular complexity index is 871. The number of carbonyl (C=O) groups excluding carboxylic acids is 1. The number of aromatic nitrogens is 1. The third-order valence-corrected chi connectivity index (χ3v) is 4.52. The van der Waals surface area contributed by atoms with Crippen LogP contribution in [0.1, 0.15) is 33.1 Å². The quantitative estimate of drug-likeness (QED) is 0.799. The van der Waals surface area contributed by atoms with E-state index >= 15 is 0 Å². The highest BCUT2D eigenvalue weighted by atomic mass is 16.3. The van der Waals surface area contributed by atoms with Crippen LogP contribution in [0, 0.1) is 20.8 Å². The summed E-state index contributed by atoms with van der Waals surface area (Å²) in [5.41, 5.74) is 4.30. The fraction of sp³-hybridized carbons (Fsp3) is 0.316. The summed E-state index contributed by atoms with van der Waals surface area (Å²) in [4.78, 5) is 12.3. The smallest absolute Gasteiger partial charge is 0.251 e. The maximum atomic E-state index is 12.3. The van der Waals surface area contributed by atoms with Crippen molar-refractivity contribution in [3.8, 4) is 0 Å². The molecule has 0 aliphatic carbocycles. The van der Waals surface area contributed by atoms with Gasteiger partial charge in [-0.2, -0.15) is 0 Å². The molecule has 3 aromatic rings. The fourth-order valence-corrected chi connectivity index (χ4v) is 2.92. The maximum absolute atomic E-state index is 12.3. The fourth-order valence-electron chi connectivity index (χ4n) is 2.92. The van der Waals surface area contributed by atoms with Gasteiger partial charge in [0.05, 0.1) is 0 Å². The van der Waals surface area contributed by atoms with Gasteiger partial charge >= 0.3 is 0 Å². The first-order valence-electron chi connectivity index (χ1n) is 7.86. The van der Waals surface area contributed by atoms with Gasteiger partial charge in [0, 0.05) is 42.2 Å². The number of aryl methyl sites for hydroxylation is 3. The molecule has 3 rings (SSSR count). The third-order valence-electron chi connectivity index (χ3n) is 4.52. The van der Waals surface area contributed by atoms with Gasteiger partial charge in [0.2, 0.25) is 0 Å². The topological polar surface area (TPSA) is 47.2 Å². The number of nitrogens with one attached hydrogen (secondary N) is 1. The summed E-state index contributed by atoms with van der Waals surface area (Å²) in [6.07, 6.45) is 0.700. The Hall–Kier alpha value is -2.49. The summed E-state index contributed by atoms with van der Waals surface area (Å²) >= 11 is 0. The molecule has 4 nitrogen and oxygen atoms in total. The van der Waals surface area contributed by atoms with Crippen molar-refractivity contribution in [2.45, 2.75) is 27.2 Å². The molecule has 0 aliphatic rings. The minimum absolute atomic E-state index is 0.0453. The Labute approximate surface area is 136 Å². The van der Waals surface area contributed by atoms with Crippen LogP contribution >= 0.6 is 0 Å². The number of nitrogens with zero attached hydrogens (tertiary/aromatic N) is 1. The first-order chi connectivity index (χ1) is 11.0. The highest BCUT2D eigenvalue weighted by Gasteiger charge is 2.12. The van der Waals surface area contributed by atoms with Gasteiger partial charge in [-0.15, -0.1) is 0 Å². The third kappa shape index (κ3) is 2.89. The Balaban J connectivity index is 1.72. The van der Waals surface area contributed by atoms with Crippen molar-refractivity contribution in [3.63, 3.8) is 0 Å². The molecule has 120 valence electrons. The number of hydrogen-bond acceptors (Lipinski definition) is 2. The molecule has 23 heavy (non-hydrogen) atoms. The van der Waals surface area contributed by atoms with Crippen LogP contribution in [0.4, 0.5) is 0 Å². The first-order valence-corrected chi connectivity index (χ1v) is 7.86. The summed E-state index contributed by atoms with van der Waals surface area (Å²) in [6.45, 7) is 6.68. The molecule has 0 bridgehead atoms. The van der Waals surface area contributed by atoms with E-state index < -0.39 is 0 Å². The van der Waals surface area contributed by atoms with E-state index in [1.165, 1.54) is 11.3 Å². The molecule has 0 spiro atoms. The summed E-state index contributed by atoms with van der Waals surface area (Å²) in [5.74, 6) is 1.75. The van der Waals surface area contributed by atoms with Gasteiger partial charge in [0.25, 0.3) is 5.91 Å². The molecule has 2 aromatic heterocycles. The maximum Gasteiger partial charge on any atom is 0.251 e. The molecular formula is C19H22N2O2. The molecule has 1 N–H and O–H groups in total. The van der Waals surface area contributed by atoms with E-state index in [1.54, 1.807) is 0 Å². The van der Waals surface area contributed by atoms with Crippen LogP contribution in [0.2, 0.25) is 0 Å². The lowest BCUT2D eigenvalue weighted by atomic mass is 10.1. The van der Waals surface area contributed by atoms with Crippen LogP contribution in [0.5, 0.6) is 0 Å². The summed E-state index contributed by atoms with van der Waals surface area (Å²) < 4.78 is 7.66. The van der Waals surface area contributed by atoms with Crippen molar-refractivity contribution in [2.75, 3.05) is 6.54 Å². The van der Waals surface area contributed by atoms with Gasteiger partial charge in [0.1, 0.15) is 11.5 Å². The molecule has 0 saturated carbocycles. The summed E-state index contributed by atoms with van der Waals surface area (Å²) in [6, 6.07) is 9.76. The number of amides is 1. The van der Waals surface area contributed by atoms with Crippen molar-refractivity contribution in [1.29, 1.82) is 0 Å². The largest absolute Gasteiger partial charge is 0.466 e. The van der Waals surface area contributed by atoms with Gasteiger partial charge in [0.15, 0.2) is 0 Å². The predicted octanol–water partition coefficient (Wildman–Crippen LogP) is 3.67. The van der Waals surface area contributed by atoms with E-state index in [4.69, 9.17) is 4.42 Å².